The molecule has 0 unspecified atom stereocenters. The number of carbonyl (C=O) groups is 6. The van der Waals surface area contributed by atoms with Crippen LogP contribution in [0.5, 0.6) is 0 Å². The zero-order valence-electron chi connectivity index (χ0n) is 20.9. The first-order chi connectivity index (χ1) is 18.2. The van der Waals surface area contributed by atoms with Gasteiger partial charge in [0.1, 0.15) is 32.1 Å². The largest absolute Gasteiger partial charge is 0.461 e. The molecule has 2 aromatic rings. The zero-order valence-corrected chi connectivity index (χ0v) is 20.9. The number of ketones is 1. The average Bonchev–Trinajstić information content (AvgIpc) is 2.92. The summed E-state index contributed by atoms with van der Waals surface area (Å²) in [6.07, 6.45) is 0. The van der Waals surface area contributed by atoms with Crippen LogP contribution in [-0.2, 0) is 28.5 Å². The van der Waals surface area contributed by atoms with Crippen molar-refractivity contribution >= 4 is 35.5 Å². The normalized spacial score (nSPS) is 10.2. The fourth-order valence-electron chi connectivity index (χ4n) is 2.80. The second kappa shape index (κ2) is 15.5. The summed E-state index contributed by atoms with van der Waals surface area (Å²) in [5.74, 6) is -3.17. The molecule has 12 heteroatoms. The van der Waals surface area contributed by atoms with E-state index in [1.807, 2.05) is 0 Å². The average molecular weight is 529 g/mol. The SMILES string of the molecule is COCCOC(=O)c1ccc(C(=O)OCCOC(=O)CNC(=O)c2ccc(C(=O)NCC(C)=O)cc2)cc1. The summed E-state index contributed by atoms with van der Waals surface area (Å²) in [6, 6.07) is 11.3. The summed E-state index contributed by atoms with van der Waals surface area (Å²) in [5, 5.41) is 4.82. The van der Waals surface area contributed by atoms with Crippen molar-refractivity contribution in [3.63, 3.8) is 0 Å². The van der Waals surface area contributed by atoms with Crippen LogP contribution in [0.4, 0.5) is 0 Å². The zero-order chi connectivity index (χ0) is 27.9. The highest BCUT2D eigenvalue weighted by molar-refractivity contribution is 5.99. The van der Waals surface area contributed by atoms with Gasteiger partial charge in [0, 0.05) is 18.2 Å². The summed E-state index contributed by atoms with van der Waals surface area (Å²) in [7, 11) is 1.49. The van der Waals surface area contributed by atoms with Crippen LogP contribution < -0.4 is 10.6 Å². The number of methoxy groups -OCH3 is 1. The molecule has 0 aliphatic carbocycles. The van der Waals surface area contributed by atoms with Crippen LogP contribution in [0.25, 0.3) is 0 Å². The van der Waals surface area contributed by atoms with Crippen molar-refractivity contribution in [3.05, 3.63) is 70.8 Å². The standard InChI is InChI=1S/C26H28N2O10/c1-17(29)15-27-23(31)18-3-5-19(6-4-18)24(32)28-16-22(30)36-13-14-38-26(34)21-9-7-20(8-10-21)25(33)37-12-11-35-2/h3-10H,11-16H2,1-2H3,(H,27,31)(H,28,32). The lowest BCUT2D eigenvalue weighted by Crippen LogP contribution is -2.31. The monoisotopic (exact) mass is 528 g/mol. The number of benzene rings is 2. The van der Waals surface area contributed by atoms with Crippen molar-refractivity contribution in [2.75, 3.05) is 46.6 Å². The second-order valence-corrected chi connectivity index (χ2v) is 7.71. The lowest BCUT2D eigenvalue weighted by molar-refractivity contribution is -0.143. The molecule has 38 heavy (non-hydrogen) atoms. The van der Waals surface area contributed by atoms with E-state index in [4.69, 9.17) is 18.9 Å². The lowest BCUT2D eigenvalue weighted by Gasteiger charge is -2.08. The lowest BCUT2D eigenvalue weighted by atomic mass is 10.1. The maximum atomic E-state index is 12.2. The van der Waals surface area contributed by atoms with E-state index >= 15 is 0 Å². The summed E-state index contributed by atoms with van der Waals surface area (Å²) in [6.45, 7) is 0.769. The molecule has 12 nitrogen and oxygen atoms in total. The van der Waals surface area contributed by atoms with Gasteiger partial charge in [-0.1, -0.05) is 0 Å². The van der Waals surface area contributed by atoms with E-state index in [1.165, 1.54) is 62.6 Å². The minimum Gasteiger partial charge on any atom is -0.461 e. The Hall–Kier alpha value is -4.58. The van der Waals surface area contributed by atoms with Crippen molar-refractivity contribution in [3.8, 4) is 0 Å². The molecule has 2 amide bonds. The van der Waals surface area contributed by atoms with Gasteiger partial charge in [0.15, 0.2) is 0 Å². The summed E-state index contributed by atoms with van der Waals surface area (Å²) in [5.41, 5.74) is 0.941. The second-order valence-electron chi connectivity index (χ2n) is 7.71. The van der Waals surface area contributed by atoms with E-state index in [1.54, 1.807) is 0 Å². The fraction of sp³-hybridized carbons (Fsp3) is 0.308. The number of hydrogen-bond donors (Lipinski definition) is 2. The van der Waals surface area contributed by atoms with Gasteiger partial charge < -0.3 is 29.6 Å². The molecule has 2 N–H and O–H groups in total. The first-order valence-corrected chi connectivity index (χ1v) is 11.5. The highest BCUT2D eigenvalue weighted by atomic mass is 16.6. The molecule has 0 aromatic heterocycles. The number of carbonyl (C=O) groups excluding carboxylic acids is 6. The van der Waals surface area contributed by atoms with Gasteiger partial charge >= 0.3 is 17.9 Å². The number of amides is 2. The minimum atomic E-state index is -0.744. The molecule has 0 heterocycles. The Morgan fingerprint density at radius 3 is 1.42 bits per heavy atom. The van der Waals surface area contributed by atoms with Gasteiger partial charge in [0.25, 0.3) is 11.8 Å². The van der Waals surface area contributed by atoms with Crippen LogP contribution in [0.1, 0.15) is 48.4 Å². The van der Waals surface area contributed by atoms with Crippen molar-refractivity contribution in [1.82, 2.24) is 10.6 Å². The molecule has 0 fully saturated rings. The van der Waals surface area contributed by atoms with Crippen LogP contribution in [0.2, 0.25) is 0 Å². The Balaban J connectivity index is 1.67. The van der Waals surface area contributed by atoms with E-state index in [-0.39, 0.29) is 61.0 Å². The molecule has 0 radical (unpaired) electrons. The van der Waals surface area contributed by atoms with Gasteiger partial charge in [0.05, 0.1) is 24.3 Å². The molecular formula is C26H28N2O10. The van der Waals surface area contributed by atoms with Crippen LogP contribution in [0, 0.1) is 0 Å². The molecule has 2 aromatic carbocycles. The van der Waals surface area contributed by atoms with E-state index in [0.717, 1.165) is 0 Å². The maximum Gasteiger partial charge on any atom is 0.338 e. The van der Waals surface area contributed by atoms with Crippen LogP contribution in [-0.4, -0.2) is 82.1 Å². The molecule has 0 aliphatic heterocycles. The van der Waals surface area contributed by atoms with Crippen molar-refractivity contribution in [2.45, 2.75) is 6.92 Å². The maximum absolute atomic E-state index is 12.2. The molecule has 202 valence electrons. The molecule has 0 atom stereocenters. The number of esters is 3. The van der Waals surface area contributed by atoms with Crippen molar-refractivity contribution < 1.29 is 47.7 Å². The molecule has 0 saturated heterocycles. The van der Waals surface area contributed by atoms with E-state index in [2.05, 4.69) is 10.6 Å². The Kier molecular flexibility index (Phi) is 12.1. The third-order valence-electron chi connectivity index (χ3n) is 4.76. The molecule has 0 aliphatic rings. The summed E-state index contributed by atoms with van der Waals surface area (Å²) < 4.78 is 19.7. The quantitative estimate of drug-likeness (QED) is 0.205. The van der Waals surface area contributed by atoms with Crippen LogP contribution in [0.3, 0.4) is 0 Å². The van der Waals surface area contributed by atoms with Gasteiger partial charge in [-0.3, -0.25) is 19.2 Å². The molecule has 0 spiro atoms. The summed E-state index contributed by atoms with van der Waals surface area (Å²) >= 11 is 0. The van der Waals surface area contributed by atoms with E-state index in [0.29, 0.717) is 0 Å². The van der Waals surface area contributed by atoms with Gasteiger partial charge in [-0.05, 0) is 55.5 Å². The van der Waals surface area contributed by atoms with Gasteiger partial charge in [-0.25, -0.2) is 9.59 Å². The fourth-order valence-corrected chi connectivity index (χ4v) is 2.80. The predicted molar refractivity (Wildman–Crippen MR) is 132 cm³/mol. The van der Waals surface area contributed by atoms with Gasteiger partial charge in [-0.2, -0.15) is 0 Å². The number of rotatable bonds is 14. The minimum absolute atomic E-state index is 0.0937. The predicted octanol–water partition coefficient (Wildman–Crippen LogP) is 0.939. The molecular weight excluding hydrogens is 500 g/mol. The Labute approximate surface area is 218 Å². The van der Waals surface area contributed by atoms with E-state index in [9.17, 15) is 28.8 Å². The first-order valence-electron chi connectivity index (χ1n) is 11.5. The van der Waals surface area contributed by atoms with Crippen LogP contribution >= 0.6 is 0 Å². The Morgan fingerprint density at radius 2 is 0.974 bits per heavy atom. The first kappa shape index (κ1) is 29.6. The van der Waals surface area contributed by atoms with Crippen LogP contribution in [0.15, 0.2) is 48.5 Å². The highest BCUT2D eigenvalue weighted by Gasteiger charge is 2.13. The van der Waals surface area contributed by atoms with Gasteiger partial charge in [0.2, 0.25) is 0 Å². The Morgan fingerprint density at radius 1 is 0.579 bits per heavy atom. The molecule has 0 saturated carbocycles. The topological polar surface area (TPSA) is 163 Å². The van der Waals surface area contributed by atoms with Crippen molar-refractivity contribution in [2.24, 2.45) is 0 Å². The third-order valence-corrected chi connectivity index (χ3v) is 4.76. The number of nitrogens with one attached hydrogen (secondary N) is 2. The number of Topliss-reactive ketones (excluding diaryl/α,β-unsaturated/α-hetero) is 1. The third kappa shape index (κ3) is 10.2. The Bertz CT molecular complexity index is 1140. The van der Waals surface area contributed by atoms with Gasteiger partial charge in [-0.15, -0.1) is 0 Å². The smallest absolute Gasteiger partial charge is 0.338 e. The highest BCUT2D eigenvalue weighted by Crippen LogP contribution is 2.08. The molecule has 2 rings (SSSR count). The van der Waals surface area contributed by atoms with Crippen molar-refractivity contribution in [1.29, 1.82) is 0 Å². The van der Waals surface area contributed by atoms with E-state index < -0.39 is 36.3 Å². The summed E-state index contributed by atoms with van der Waals surface area (Å²) in [4.78, 5) is 70.8. The molecule has 0 bridgehead atoms. The number of ether oxygens (including phenoxy) is 4. The number of hydrogen-bond acceptors (Lipinski definition) is 10.